The highest BCUT2D eigenvalue weighted by molar-refractivity contribution is 7.12. The van der Waals surface area contributed by atoms with Gasteiger partial charge in [-0.2, -0.15) is 30.7 Å². The minimum Gasteiger partial charge on any atom is -0.198 e. The van der Waals surface area contributed by atoms with Gasteiger partial charge in [-0.15, -0.1) is 22.7 Å². The van der Waals surface area contributed by atoms with E-state index in [2.05, 4.69) is 0 Å². The molecule has 1 aromatic carbocycles. The van der Waals surface area contributed by atoms with Crippen LogP contribution in [0.25, 0.3) is 11.1 Å². The maximum atomic E-state index is 15.4. The Kier molecular flexibility index (Phi) is 3.82. The fourth-order valence-corrected chi connectivity index (χ4v) is 5.81. The van der Waals surface area contributed by atoms with Gasteiger partial charge in [-0.05, 0) is 39.6 Å². The Morgan fingerprint density at radius 1 is 0.704 bits per heavy atom. The molecule has 9 heteroatoms. The molecule has 0 saturated heterocycles. The molecule has 4 rings (SSSR count). The number of hydrogen-bond donors (Lipinski definition) is 0. The number of hydrogen-bond acceptors (Lipinski definition) is 2. The fraction of sp³-hybridized carbons (Fsp3) is 0.222. The van der Waals surface area contributed by atoms with Crippen molar-refractivity contribution in [2.45, 2.75) is 23.4 Å². The van der Waals surface area contributed by atoms with E-state index in [4.69, 9.17) is 0 Å². The monoisotopic (exact) mass is 422 g/mol. The van der Waals surface area contributed by atoms with E-state index in [1.807, 2.05) is 0 Å². The normalized spacial score (nSPS) is 19.8. The number of alkyl halides is 7. The lowest BCUT2D eigenvalue weighted by Gasteiger charge is -2.41. The standard InChI is InChI=1S/C18H9F7S2/c19-16(20,17(21,22)18(23,24)25)15(13-6-3-8-26-13)12-5-2-1-4-10(12)11-7-9-27-14(11)15/h1-9H. The van der Waals surface area contributed by atoms with Gasteiger partial charge in [0.15, 0.2) is 0 Å². The summed E-state index contributed by atoms with van der Waals surface area (Å²) in [5.41, 5.74) is -2.68. The Bertz CT molecular complexity index is 985. The van der Waals surface area contributed by atoms with Crippen molar-refractivity contribution in [2.24, 2.45) is 0 Å². The number of halogens is 7. The van der Waals surface area contributed by atoms with Crippen LogP contribution < -0.4 is 0 Å². The molecule has 0 amide bonds. The summed E-state index contributed by atoms with van der Waals surface area (Å²) in [6.45, 7) is 0. The molecule has 2 aromatic heterocycles. The third-order valence-corrected chi connectivity index (χ3v) is 6.76. The molecule has 0 fully saturated rings. The van der Waals surface area contributed by atoms with Crippen molar-refractivity contribution >= 4 is 22.7 Å². The van der Waals surface area contributed by atoms with Gasteiger partial charge < -0.3 is 0 Å². The van der Waals surface area contributed by atoms with Crippen LogP contribution in [0.1, 0.15) is 15.3 Å². The number of fused-ring (bicyclic) bond motifs is 3. The van der Waals surface area contributed by atoms with Crippen LogP contribution in [-0.2, 0) is 5.41 Å². The molecule has 0 bridgehead atoms. The Labute approximate surface area is 156 Å². The average Bonchev–Trinajstić information content (AvgIpc) is 3.30. The Morgan fingerprint density at radius 2 is 1.41 bits per heavy atom. The van der Waals surface area contributed by atoms with Crippen LogP contribution in [0.15, 0.2) is 53.2 Å². The molecule has 142 valence electrons. The van der Waals surface area contributed by atoms with Gasteiger partial charge >= 0.3 is 18.0 Å². The predicted molar refractivity (Wildman–Crippen MR) is 89.9 cm³/mol. The Hall–Kier alpha value is -1.87. The van der Waals surface area contributed by atoms with E-state index in [-0.39, 0.29) is 26.4 Å². The molecule has 3 aromatic rings. The van der Waals surface area contributed by atoms with Gasteiger partial charge in [0, 0.05) is 9.75 Å². The zero-order valence-electron chi connectivity index (χ0n) is 13.2. The molecule has 0 aliphatic heterocycles. The summed E-state index contributed by atoms with van der Waals surface area (Å²) in [5, 5.41) is 2.80. The topological polar surface area (TPSA) is 0 Å². The summed E-state index contributed by atoms with van der Waals surface area (Å²) in [4.78, 5) is -0.467. The highest BCUT2D eigenvalue weighted by Crippen LogP contribution is 2.66. The summed E-state index contributed by atoms with van der Waals surface area (Å²) >= 11 is 1.48. The minimum atomic E-state index is -6.41. The first-order chi connectivity index (χ1) is 12.6. The smallest absolute Gasteiger partial charge is 0.198 e. The van der Waals surface area contributed by atoms with Crippen molar-refractivity contribution in [3.05, 3.63) is 68.5 Å². The average molecular weight is 422 g/mol. The molecule has 1 unspecified atom stereocenters. The van der Waals surface area contributed by atoms with E-state index in [1.54, 1.807) is 0 Å². The number of rotatable bonds is 3. The van der Waals surface area contributed by atoms with Crippen LogP contribution in [0, 0.1) is 0 Å². The quantitative estimate of drug-likeness (QED) is 0.401. The molecule has 2 heterocycles. The molecule has 0 nitrogen and oxygen atoms in total. The van der Waals surface area contributed by atoms with Gasteiger partial charge in [-0.1, -0.05) is 30.3 Å². The lowest BCUT2D eigenvalue weighted by atomic mass is 9.72. The van der Waals surface area contributed by atoms with Crippen LogP contribution in [0.4, 0.5) is 30.7 Å². The van der Waals surface area contributed by atoms with Gasteiger partial charge in [-0.25, -0.2) is 0 Å². The summed E-state index contributed by atoms with van der Waals surface area (Å²) in [6, 6.07) is 9.55. The second-order valence-electron chi connectivity index (χ2n) is 6.08. The fourth-order valence-electron chi connectivity index (χ4n) is 3.60. The van der Waals surface area contributed by atoms with Gasteiger partial charge in [0.25, 0.3) is 0 Å². The third kappa shape index (κ3) is 2.09. The Morgan fingerprint density at radius 3 is 2.04 bits per heavy atom. The highest BCUT2D eigenvalue weighted by Gasteiger charge is 2.82. The Balaban J connectivity index is 2.15. The zero-order valence-corrected chi connectivity index (χ0v) is 14.8. The number of thiophene rings is 2. The molecular formula is C18H9F7S2. The molecule has 0 spiro atoms. The van der Waals surface area contributed by atoms with Gasteiger partial charge in [0.2, 0.25) is 0 Å². The largest absolute Gasteiger partial charge is 0.459 e. The first kappa shape index (κ1) is 18.5. The maximum Gasteiger partial charge on any atom is 0.459 e. The van der Waals surface area contributed by atoms with Gasteiger partial charge in [0.1, 0.15) is 5.41 Å². The van der Waals surface area contributed by atoms with Crippen molar-refractivity contribution in [3.8, 4) is 11.1 Å². The van der Waals surface area contributed by atoms with Crippen LogP contribution in [0.5, 0.6) is 0 Å². The highest BCUT2D eigenvalue weighted by atomic mass is 32.1. The third-order valence-electron chi connectivity index (χ3n) is 4.74. The lowest BCUT2D eigenvalue weighted by Crippen LogP contribution is -2.62. The molecular weight excluding hydrogens is 413 g/mol. The lowest BCUT2D eigenvalue weighted by molar-refractivity contribution is -0.363. The van der Waals surface area contributed by atoms with E-state index >= 15 is 8.78 Å². The van der Waals surface area contributed by atoms with Crippen molar-refractivity contribution < 1.29 is 30.7 Å². The summed E-state index contributed by atoms with van der Waals surface area (Å²) < 4.78 is 98.4. The second-order valence-corrected chi connectivity index (χ2v) is 7.95. The van der Waals surface area contributed by atoms with E-state index in [0.717, 1.165) is 22.7 Å². The SMILES string of the molecule is FC(F)(F)C(F)(F)C(F)(F)C1(c2cccs2)c2ccccc2-c2ccsc21. The number of benzene rings is 1. The summed E-state index contributed by atoms with van der Waals surface area (Å²) in [5.74, 6) is -11.7. The van der Waals surface area contributed by atoms with Crippen molar-refractivity contribution in [1.29, 1.82) is 0 Å². The van der Waals surface area contributed by atoms with Gasteiger partial charge in [0.05, 0.1) is 0 Å². The van der Waals surface area contributed by atoms with Crippen LogP contribution in [0.2, 0.25) is 0 Å². The van der Waals surface area contributed by atoms with Crippen LogP contribution in [0.3, 0.4) is 0 Å². The summed E-state index contributed by atoms with van der Waals surface area (Å²) in [6.07, 6.45) is -6.41. The molecule has 0 radical (unpaired) electrons. The minimum absolute atomic E-state index is 0.208. The van der Waals surface area contributed by atoms with E-state index in [0.29, 0.717) is 0 Å². The van der Waals surface area contributed by atoms with Crippen molar-refractivity contribution in [3.63, 3.8) is 0 Å². The van der Waals surface area contributed by atoms with E-state index in [9.17, 15) is 22.0 Å². The molecule has 0 N–H and O–H groups in total. The van der Waals surface area contributed by atoms with Gasteiger partial charge in [-0.3, -0.25) is 0 Å². The zero-order chi connectivity index (χ0) is 19.7. The second kappa shape index (κ2) is 5.57. The van der Waals surface area contributed by atoms with E-state index < -0.39 is 23.4 Å². The molecule has 1 aliphatic rings. The molecule has 0 saturated carbocycles. The summed E-state index contributed by atoms with van der Waals surface area (Å²) in [7, 11) is 0. The van der Waals surface area contributed by atoms with Crippen LogP contribution in [-0.4, -0.2) is 18.0 Å². The first-order valence-corrected chi connectivity index (χ1v) is 9.37. The van der Waals surface area contributed by atoms with E-state index in [1.165, 1.54) is 53.2 Å². The van der Waals surface area contributed by atoms with Crippen molar-refractivity contribution in [1.82, 2.24) is 0 Å². The predicted octanol–water partition coefficient (Wildman–Crippen LogP) is 6.96. The molecule has 27 heavy (non-hydrogen) atoms. The van der Waals surface area contributed by atoms with Crippen LogP contribution >= 0.6 is 22.7 Å². The van der Waals surface area contributed by atoms with Crippen molar-refractivity contribution in [2.75, 3.05) is 0 Å². The molecule has 1 atom stereocenters. The maximum absolute atomic E-state index is 15.4. The first-order valence-electron chi connectivity index (χ1n) is 7.61. The molecule has 1 aliphatic carbocycles.